The summed E-state index contributed by atoms with van der Waals surface area (Å²) in [5.74, 6) is 0. The van der Waals surface area contributed by atoms with Crippen LogP contribution in [0.25, 0.3) is 0 Å². The lowest BCUT2D eigenvalue weighted by Gasteiger charge is -2.26. The van der Waals surface area contributed by atoms with Crippen LogP contribution in [0.5, 0.6) is 0 Å². The van der Waals surface area contributed by atoms with Crippen molar-refractivity contribution in [2.75, 3.05) is 19.6 Å². The third-order valence-electron chi connectivity index (χ3n) is 2.29. The van der Waals surface area contributed by atoms with E-state index in [0.717, 1.165) is 32.4 Å². The molecule has 0 unspecified atom stereocenters. The van der Waals surface area contributed by atoms with Gasteiger partial charge in [0.15, 0.2) is 0 Å². The zero-order valence-electron chi connectivity index (χ0n) is 10.3. The number of nitrogens with two attached hydrogens (primary N) is 1. The van der Waals surface area contributed by atoms with E-state index < -0.39 is 0 Å². The smallest absolute Gasteiger partial charge is 0.317 e. The van der Waals surface area contributed by atoms with E-state index in [2.05, 4.69) is 12.2 Å². The van der Waals surface area contributed by atoms with Gasteiger partial charge in [-0.2, -0.15) is 0 Å². The Kier molecular flexibility index (Phi) is 8.09. The first kappa shape index (κ1) is 14.2. The normalized spacial score (nSPS) is 10.5. The number of hydrogen-bond donors (Lipinski definition) is 2. The van der Waals surface area contributed by atoms with E-state index in [0.29, 0.717) is 6.54 Å². The van der Waals surface area contributed by atoms with Gasteiger partial charge in [0.2, 0.25) is 0 Å². The second-order valence-corrected chi connectivity index (χ2v) is 4.01. The molecule has 0 radical (unpaired) electrons. The van der Waals surface area contributed by atoms with Crippen molar-refractivity contribution in [2.24, 2.45) is 5.73 Å². The van der Waals surface area contributed by atoms with Crippen molar-refractivity contribution >= 4 is 6.03 Å². The zero-order valence-corrected chi connectivity index (χ0v) is 10.3. The molecular formula is C11H25N3O. The highest BCUT2D eigenvalue weighted by Gasteiger charge is 2.14. The molecule has 0 rings (SSSR count). The minimum Gasteiger partial charge on any atom is -0.338 e. The molecule has 0 bridgehead atoms. The summed E-state index contributed by atoms with van der Waals surface area (Å²) in [5.41, 5.74) is 5.44. The van der Waals surface area contributed by atoms with Crippen molar-refractivity contribution in [3.05, 3.63) is 0 Å². The predicted molar refractivity (Wildman–Crippen MR) is 63.8 cm³/mol. The second-order valence-electron chi connectivity index (χ2n) is 4.01. The van der Waals surface area contributed by atoms with E-state index in [1.807, 2.05) is 18.7 Å². The van der Waals surface area contributed by atoms with Gasteiger partial charge in [-0.05, 0) is 33.2 Å². The van der Waals surface area contributed by atoms with Crippen LogP contribution in [0, 0.1) is 0 Å². The first-order valence-electron chi connectivity index (χ1n) is 5.88. The molecule has 0 aliphatic rings. The molecule has 0 saturated heterocycles. The molecule has 0 aliphatic carbocycles. The van der Waals surface area contributed by atoms with Gasteiger partial charge in [0.1, 0.15) is 0 Å². The standard InChI is InChI=1S/C11H25N3O/c1-4-5-8-13-11(15)14(10(2)3)9-6-7-12/h10H,4-9,12H2,1-3H3,(H,13,15). The maximum absolute atomic E-state index is 11.7. The molecule has 0 atom stereocenters. The van der Waals surface area contributed by atoms with Gasteiger partial charge in [0.25, 0.3) is 0 Å². The highest BCUT2D eigenvalue weighted by molar-refractivity contribution is 5.74. The molecule has 4 heteroatoms. The summed E-state index contributed by atoms with van der Waals surface area (Å²) in [7, 11) is 0. The van der Waals surface area contributed by atoms with Gasteiger partial charge in [-0.3, -0.25) is 0 Å². The van der Waals surface area contributed by atoms with Gasteiger partial charge >= 0.3 is 6.03 Å². The van der Waals surface area contributed by atoms with E-state index in [9.17, 15) is 4.79 Å². The summed E-state index contributed by atoms with van der Waals surface area (Å²) in [4.78, 5) is 13.6. The number of unbranched alkanes of at least 4 members (excludes halogenated alkanes) is 1. The van der Waals surface area contributed by atoms with Crippen molar-refractivity contribution in [3.63, 3.8) is 0 Å². The van der Waals surface area contributed by atoms with Gasteiger partial charge in [-0.15, -0.1) is 0 Å². The number of carbonyl (C=O) groups excluding carboxylic acids is 1. The number of hydrogen-bond acceptors (Lipinski definition) is 2. The number of carbonyl (C=O) groups is 1. The molecule has 0 spiro atoms. The average Bonchev–Trinajstić information content (AvgIpc) is 2.18. The molecule has 0 fully saturated rings. The van der Waals surface area contributed by atoms with Gasteiger partial charge < -0.3 is 16.0 Å². The van der Waals surface area contributed by atoms with Crippen LogP contribution in [0.2, 0.25) is 0 Å². The van der Waals surface area contributed by atoms with E-state index in [4.69, 9.17) is 5.73 Å². The maximum Gasteiger partial charge on any atom is 0.317 e. The van der Waals surface area contributed by atoms with E-state index in [1.54, 1.807) is 0 Å². The van der Waals surface area contributed by atoms with E-state index >= 15 is 0 Å². The molecule has 4 nitrogen and oxygen atoms in total. The fraction of sp³-hybridized carbons (Fsp3) is 0.909. The Morgan fingerprint density at radius 3 is 2.53 bits per heavy atom. The molecule has 0 heterocycles. The molecule has 2 amide bonds. The SMILES string of the molecule is CCCCNC(=O)N(CCCN)C(C)C. The van der Waals surface area contributed by atoms with Crippen molar-refractivity contribution in [1.29, 1.82) is 0 Å². The lowest BCUT2D eigenvalue weighted by Crippen LogP contribution is -2.45. The van der Waals surface area contributed by atoms with Crippen LogP contribution in [-0.2, 0) is 0 Å². The molecule has 3 N–H and O–H groups in total. The molecule has 0 aromatic carbocycles. The number of amides is 2. The van der Waals surface area contributed by atoms with Gasteiger partial charge in [0, 0.05) is 19.1 Å². The monoisotopic (exact) mass is 215 g/mol. The zero-order chi connectivity index (χ0) is 11.7. The fourth-order valence-corrected chi connectivity index (χ4v) is 1.33. The topological polar surface area (TPSA) is 58.4 Å². The number of urea groups is 1. The van der Waals surface area contributed by atoms with Crippen LogP contribution in [0.1, 0.15) is 40.0 Å². The third-order valence-corrected chi connectivity index (χ3v) is 2.29. The van der Waals surface area contributed by atoms with E-state index in [1.165, 1.54) is 0 Å². The maximum atomic E-state index is 11.7. The Morgan fingerprint density at radius 1 is 1.40 bits per heavy atom. The minimum atomic E-state index is 0.0342. The summed E-state index contributed by atoms with van der Waals surface area (Å²) >= 11 is 0. The molecule has 0 saturated carbocycles. The number of nitrogens with one attached hydrogen (secondary N) is 1. The molecule has 90 valence electrons. The molecule has 0 aromatic rings. The van der Waals surface area contributed by atoms with Crippen molar-refractivity contribution in [1.82, 2.24) is 10.2 Å². The summed E-state index contributed by atoms with van der Waals surface area (Å²) in [6.07, 6.45) is 3.00. The Morgan fingerprint density at radius 2 is 2.07 bits per heavy atom. The summed E-state index contributed by atoms with van der Waals surface area (Å²) in [5, 5.41) is 2.92. The number of rotatable bonds is 7. The number of nitrogens with zero attached hydrogens (tertiary/aromatic N) is 1. The van der Waals surface area contributed by atoms with Crippen LogP contribution in [0.15, 0.2) is 0 Å². The molecule has 0 aromatic heterocycles. The summed E-state index contributed by atoms with van der Waals surface area (Å²) in [6.45, 7) is 8.30. The van der Waals surface area contributed by atoms with E-state index in [-0.39, 0.29) is 12.1 Å². The van der Waals surface area contributed by atoms with Crippen LogP contribution >= 0.6 is 0 Å². The Bertz CT molecular complexity index is 171. The molecular weight excluding hydrogens is 190 g/mol. The second kappa shape index (κ2) is 8.53. The van der Waals surface area contributed by atoms with Crippen LogP contribution in [0.3, 0.4) is 0 Å². The quantitative estimate of drug-likeness (QED) is 0.633. The molecule has 15 heavy (non-hydrogen) atoms. The fourth-order valence-electron chi connectivity index (χ4n) is 1.33. The Balaban J connectivity index is 3.93. The predicted octanol–water partition coefficient (Wildman–Crippen LogP) is 1.56. The average molecular weight is 215 g/mol. The van der Waals surface area contributed by atoms with Crippen LogP contribution < -0.4 is 11.1 Å². The first-order valence-corrected chi connectivity index (χ1v) is 5.88. The van der Waals surface area contributed by atoms with Crippen molar-refractivity contribution in [3.8, 4) is 0 Å². The van der Waals surface area contributed by atoms with Crippen molar-refractivity contribution in [2.45, 2.75) is 46.1 Å². The minimum absolute atomic E-state index is 0.0342. The highest BCUT2D eigenvalue weighted by atomic mass is 16.2. The first-order chi connectivity index (χ1) is 7.13. The third kappa shape index (κ3) is 6.33. The van der Waals surface area contributed by atoms with Gasteiger partial charge in [-0.25, -0.2) is 4.79 Å². The summed E-state index contributed by atoms with van der Waals surface area (Å²) < 4.78 is 0. The van der Waals surface area contributed by atoms with Gasteiger partial charge in [-0.1, -0.05) is 13.3 Å². The van der Waals surface area contributed by atoms with Crippen molar-refractivity contribution < 1.29 is 4.79 Å². The molecule has 0 aliphatic heterocycles. The lowest BCUT2D eigenvalue weighted by atomic mass is 10.3. The lowest BCUT2D eigenvalue weighted by molar-refractivity contribution is 0.182. The van der Waals surface area contributed by atoms with Crippen LogP contribution in [-0.4, -0.2) is 36.6 Å². The van der Waals surface area contributed by atoms with Crippen LogP contribution in [0.4, 0.5) is 4.79 Å². The Labute approximate surface area is 93.2 Å². The largest absolute Gasteiger partial charge is 0.338 e. The summed E-state index contributed by atoms with van der Waals surface area (Å²) in [6, 6.07) is 0.269. The van der Waals surface area contributed by atoms with Gasteiger partial charge in [0.05, 0.1) is 0 Å². The Hall–Kier alpha value is -0.770. The highest BCUT2D eigenvalue weighted by Crippen LogP contribution is 2.00.